The summed E-state index contributed by atoms with van der Waals surface area (Å²) in [7, 11) is 0. The van der Waals surface area contributed by atoms with Crippen LogP contribution in [0.5, 0.6) is 0 Å². The monoisotopic (exact) mass is 269 g/mol. The smallest absolute Gasteiger partial charge is 0.253 e. The van der Waals surface area contributed by atoms with Crippen molar-refractivity contribution in [3.05, 3.63) is 34.2 Å². The predicted octanol–water partition coefficient (Wildman–Crippen LogP) is -2.26. The fourth-order valence-corrected chi connectivity index (χ4v) is 1.98. The molecule has 0 unspecified atom stereocenters. The molecule has 104 valence electrons. The predicted molar refractivity (Wildman–Crippen MR) is 64.7 cm³/mol. The molecule has 4 atom stereocenters. The Hall–Kier alpha value is -1.74. The van der Waals surface area contributed by atoms with Gasteiger partial charge in [-0.25, -0.2) is 0 Å². The van der Waals surface area contributed by atoms with Crippen molar-refractivity contribution in [2.75, 3.05) is 6.61 Å². The molecule has 2 rings (SSSR count). The van der Waals surface area contributed by atoms with Crippen LogP contribution in [0.3, 0.4) is 0 Å². The molecule has 2 heterocycles. The van der Waals surface area contributed by atoms with Crippen molar-refractivity contribution >= 4 is 5.84 Å². The zero-order chi connectivity index (χ0) is 14.2. The molecule has 0 amide bonds. The van der Waals surface area contributed by atoms with Crippen LogP contribution in [-0.2, 0) is 4.74 Å². The average Bonchev–Trinajstić information content (AvgIpc) is 2.66. The first-order chi connectivity index (χ1) is 8.95. The second kappa shape index (κ2) is 5.10. The number of hydrogen-bond donors (Lipinski definition) is 5. The molecule has 1 fully saturated rings. The van der Waals surface area contributed by atoms with E-state index in [1.54, 1.807) is 0 Å². The lowest BCUT2D eigenvalue weighted by Gasteiger charge is -2.17. The molecule has 0 radical (unpaired) electrons. The summed E-state index contributed by atoms with van der Waals surface area (Å²) in [5, 5.41) is 35.6. The minimum atomic E-state index is -1.32. The number of amidine groups is 1. The van der Waals surface area contributed by atoms with Crippen LogP contribution in [0.4, 0.5) is 0 Å². The Morgan fingerprint density at radius 1 is 1.47 bits per heavy atom. The van der Waals surface area contributed by atoms with E-state index >= 15 is 0 Å². The van der Waals surface area contributed by atoms with E-state index in [1.807, 2.05) is 0 Å². The number of nitrogen functional groups attached to an aromatic ring is 1. The first-order valence-electron chi connectivity index (χ1n) is 5.64. The molecule has 0 aromatic carbocycles. The molecular formula is C11H15N3O5. The molecule has 0 spiro atoms. The fourth-order valence-electron chi connectivity index (χ4n) is 1.98. The van der Waals surface area contributed by atoms with Gasteiger partial charge in [-0.15, -0.1) is 0 Å². The average molecular weight is 269 g/mol. The number of nitrogens with zero attached hydrogens (tertiary/aromatic N) is 1. The van der Waals surface area contributed by atoms with Crippen molar-refractivity contribution in [1.29, 1.82) is 5.41 Å². The van der Waals surface area contributed by atoms with Gasteiger partial charge in [0, 0.05) is 17.8 Å². The SMILES string of the molecule is N=C(N)c1ccn([C@@H]2O[C@H](CO)[C@@H](O)[C@H]2O)c(=O)c1. The molecule has 1 aliphatic rings. The van der Waals surface area contributed by atoms with Gasteiger partial charge >= 0.3 is 0 Å². The number of hydrogen-bond acceptors (Lipinski definition) is 6. The fraction of sp³-hybridized carbons (Fsp3) is 0.455. The quantitative estimate of drug-likeness (QED) is 0.310. The van der Waals surface area contributed by atoms with Crippen molar-refractivity contribution in [2.24, 2.45) is 5.73 Å². The van der Waals surface area contributed by atoms with Crippen molar-refractivity contribution < 1.29 is 20.1 Å². The lowest BCUT2D eigenvalue weighted by molar-refractivity contribution is -0.0543. The Bertz CT molecular complexity index is 543. The Kier molecular flexibility index (Phi) is 3.67. The van der Waals surface area contributed by atoms with E-state index in [4.69, 9.17) is 21.0 Å². The standard InChI is InChI=1S/C11H15N3O5/c12-10(13)5-1-2-14(7(16)3-5)11-9(18)8(17)6(4-15)19-11/h1-3,6,8-9,11,15,17-18H,4H2,(H3,12,13)/t6-,8-,9-,11-/m1/s1. The maximum absolute atomic E-state index is 11.9. The van der Waals surface area contributed by atoms with Crippen LogP contribution in [0.25, 0.3) is 0 Å². The van der Waals surface area contributed by atoms with Crippen LogP contribution >= 0.6 is 0 Å². The van der Waals surface area contributed by atoms with Crippen molar-refractivity contribution in [2.45, 2.75) is 24.5 Å². The molecule has 1 saturated heterocycles. The van der Waals surface area contributed by atoms with Crippen molar-refractivity contribution in [1.82, 2.24) is 4.57 Å². The van der Waals surface area contributed by atoms with Gasteiger partial charge in [0.05, 0.1) is 6.61 Å². The normalized spacial score (nSPS) is 30.5. The van der Waals surface area contributed by atoms with E-state index in [0.29, 0.717) is 0 Å². The number of pyridine rings is 1. The van der Waals surface area contributed by atoms with E-state index in [9.17, 15) is 15.0 Å². The summed E-state index contributed by atoms with van der Waals surface area (Å²) in [6.45, 7) is -0.463. The number of aliphatic hydroxyl groups is 3. The zero-order valence-corrected chi connectivity index (χ0v) is 9.93. The van der Waals surface area contributed by atoms with Crippen LogP contribution in [0.15, 0.2) is 23.1 Å². The molecule has 19 heavy (non-hydrogen) atoms. The van der Waals surface area contributed by atoms with Gasteiger partial charge in [0.1, 0.15) is 24.1 Å². The third-order valence-corrected chi connectivity index (χ3v) is 3.05. The molecule has 8 heteroatoms. The second-order valence-corrected chi connectivity index (χ2v) is 4.30. The minimum absolute atomic E-state index is 0.245. The highest BCUT2D eigenvalue weighted by Crippen LogP contribution is 2.27. The third-order valence-electron chi connectivity index (χ3n) is 3.05. The Morgan fingerprint density at radius 3 is 2.63 bits per heavy atom. The van der Waals surface area contributed by atoms with Crippen molar-refractivity contribution in [3.63, 3.8) is 0 Å². The largest absolute Gasteiger partial charge is 0.394 e. The minimum Gasteiger partial charge on any atom is -0.394 e. The molecule has 0 saturated carbocycles. The Labute approximate surface area is 108 Å². The van der Waals surface area contributed by atoms with E-state index in [1.165, 1.54) is 12.3 Å². The number of nitrogens with one attached hydrogen (secondary N) is 1. The summed E-state index contributed by atoms with van der Waals surface area (Å²) in [5.41, 5.74) is 4.99. The van der Waals surface area contributed by atoms with Gasteiger partial charge in [-0.1, -0.05) is 0 Å². The number of aromatic nitrogens is 1. The van der Waals surface area contributed by atoms with E-state index in [2.05, 4.69) is 0 Å². The molecule has 6 N–H and O–H groups in total. The summed E-state index contributed by atoms with van der Waals surface area (Å²) >= 11 is 0. The molecular weight excluding hydrogens is 254 g/mol. The lowest BCUT2D eigenvalue weighted by Crippen LogP contribution is -2.35. The maximum atomic E-state index is 11.9. The number of ether oxygens (including phenoxy) is 1. The highest BCUT2D eigenvalue weighted by Gasteiger charge is 2.43. The third kappa shape index (κ3) is 2.38. The van der Waals surface area contributed by atoms with Crippen LogP contribution in [-0.4, -0.2) is 50.6 Å². The summed E-state index contributed by atoms with van der Waals surface area (Å²) in [6.07, 6.45) is -3.30. The molecule has 8 nitrogen and oxygen atoms in total. The zero-order valence-electron chi connectivity index (χ0n) is 9.93. The van der Waals surface area contributed by atoms with Crippen LogP contribution in [0.2, 0.25) is 0 Å². The molecule has 0 bridgehead atoms. The Morgan fingerprint density at radius 2 is 2.16 bits per heavy atom. The topological polar surface area (TPSA) is 142 Å². The second-order valence-electron chi connectivity index (χ2n) is 4.30. The van der Waals surface area contributed by atoms with Gasteiger partial charge in [0.15, 0.2) is 6.23 Å². The number of aliphatic hydroxyl groups excluding tert-OH is 3. The summed E-state index contributed by atoms with van der Waals surface area (Å²) in [5.74, 6) is -0.245. The molecule has 1 aliphatic heterocycles. The highest BCUT2D eigenvalue weighted by molar-refractivity contribution is 5.94. The lowest BCUT2D eigenvalue weighted by atomic mass is 10.1. The Balaban J connectivity index is 2.33. The van der Waals surface area contributed by atoms with E-state index < -0.39 is 36.7 Å². The summed E-state index contributed by atoms with van der Waals surface area (Å²) in [6, 6.07) is 2.57. The first-order valence-corrected chi connectivity index (χ1v) is 5.64. The van der Waals surface area contributed by atoms with Gasteiger partial charge in [-0.2, -0.15) is 0 Å². The highest BCUT2D eigenvalue weighted by atomic mass is 16.6. The number of rotatable bonds is 3. The maximum Gasteiger partial charge on any atom is 0.253 e. The van der Waals surface area contributed by atoms with Crippen molar-refractivity contribution in [3.8, 4) is 0 Å². The van der Waals surface area contributed by atoms with Gasteiger partial charge in [-0.3, -0.25) is 14.8 Å². The summed E-state index contributed by atoms with van der Waals surface area (Å²) in [4.78, 5) is 11.9. The van der Waals surface area contributed by atoms with Crippen LogP contribution in [0.1, 0.15) is 11.8 Å². The molecule has 0 aliphatic carbocycles. The van der Waals surface area contributed by atoms with Gasteiger partial charge in [0.25, 0.3) is 5.56 Å². The van der Waals surface area contributed by atoms with Crippen LogP contribution < -0.4 is 11.3 Å². The van der Waals surface area contributed by atoms with Gasteiger partial charge in [0.2, 0.25) is 0 Å². The van der Waals surface area contributed by atoms with E-state index in [0.717, 1.165) is 10.6 Å². The summed E-state index contributed by atoms with van der Waals surface area (Å²) < 4.78 is 6.31. The first kappa shape index (κ1) is 13.7. The van der Waals surface area contributed by atoms with Gasteiger partial charge < -0.3 is 25.8 Å². The molecule has 1 aromatic heterocycles. The van der Waals surface area contributed by atoms with Crippen LogP contribution in [0, 0.1) is 5.41 Å². The van der Waals surface area contributed by atoms with E-state index in [-0.39, 0.29) is 11.4 Å². The van der Waals surface area contributed by atoms with Gasteiger partial charge in [-0.05, 0) is 6.07 Å². The molecule has 1 aromatic rings. The number of nitrogens with two attached hydrogens (primary N) is 1.